The lowest BCUT2D eigenvalue weighted by Crippen LogP contribution is -2.26. The Morgan fingerprint density at radius 1 is 1.13 bits per heavy atom. The average Bonchev–Trinajstić information content (AvgIpc) is 2.62. The van der Waals surface area contributed by atoms with Crippen molar-refractivity contribution >= 4 is 35.8 Å². The molecule has 2 aromatic rings. The maximum atomic E-state index is 12.2. The largest absolute Gasteiger partial charge is 0.345 e. The smallest absolute Gasteiger partial charge is 0.253 e. The summed E-state index contributed by atoms with van der Waals surface area (Å²) in [5.74, 6) is 1.10. The molecule has 4 nitrogen and oxygen atoms in total. The van der Waals surface area contributed by atoms with Crippen molar-refractivity contribution in [2.45, 2.75) is 4.90 Å². The van der Waals surface area contributed by atoms with E-state index in [1.54, 1.807) is 19.0 Å². The highest BCUT2D eigenvalue weighted by Gasteiger charge is 2.20. The first-order valence-corrected chi connectivity index (χ1v) is 8.25. The molecule has 0 saturated heterocycles. The molecule has 1 aliphatic rings. The van der Waals surface area contributed by atoms with E-state index in [0.717, 1.165) is 23.5 Å². The maximum absolute atomic E-state index is 12.2. The number of hydrogen-bond acceptors (Lipinski definition) is 4. The van der Waals surface area contributed by atoms with Crippen molar-refractivity contribution in [1.82, 2.24) is 4.90 Å². The van der Waals surface area contributed by atoms with Crippen molar-refractivity contribution in [3.63, 3.8) is 0 Å². The van der Waals surface area contributed by atoms with E-state index in [1.807, 2.05) is 48.9 Å². The number of amides is 1. The Kier molecular flexibility index (Phi) is 5.82. The minimum atomic E-state index is 0.0429. The molecule has 3 rings (SSSR count). The van der Waals surface area contributed by atoms with Crippen LogP contribution in [0.5, 0.6) is 0 Å². The van der Waals surface area contributed by atoms with Gasteiger partial charge in [0.25, 0.3) is 5.91 Å². The molecule has 0 aromatic heterocycles. The Hall–Kier alpha value is -2.27. The fraction of sp³-hybridized carbons (Fsp3) is 0.222. The van der Waals surface area contributed by atoms with Crippen LogP contribution < -0.4 is 4.90 Å². The molecule has 0 aliphatic carbocycles. The number of benzene rings is 2. The lowest BCUT2D eigenvalue weighted by molar-refractivity contribution is -0.0980. The lowest BCUT2D eigenvalue weighted by atomic mass is 10.1. The van der Waals surface area contributed by atoms with Crippen LogP contribution >= 0.6 is 11.8 Å². The number of carbonyl (C=O) groups excluding carboxylic acids is 2. The highest BCUT2D eigenvalue weighted by molar-refractivity contribution is 7.99. The third-order valence-corrected chi connectivity index (χ3v) is 4.59. The summed E-state index contributed by atoms with van der Waals surface area (Å²) in [6.45, 7) is 2.96. The van der Waals surface area contributed by atoms with E-state index < -0.39 is 0 Å². The molecule has 0 bridgehead atoms. The van der Waals surface area contributed by atoms with Crippen molar-refractivity contribution in [2.24, 2.45) is 0 Å². The molecule has 1 amide bonds. The second kappa shape index (κ2) is 7.83. The van der Waals surface area contributed by atoms with E-state index in [-0.39, 0.29) is 5.91 Å². The minimum absolute atomic E-state index is 0.0429. The van der Waals surface area contributed by atoms with Crippen LogP contribution in [0.1, 0.15) is 10.4 Å². The van der Waals surface area contributed by atoms with Crippen LogP contribution in [0, 0.1) is 0 Å². The summed E-state index contributed by atoms with van der Waals surface area (Å²) < 4.78 is 0. The SMILES string of the molecule is C=O.CN(C)C(=O)c1ccc2c(c1)N(c1ccccc1)CCS2. The number of para-hydroxylation sites is 1. The van der Waals surface area contributed by atoms with Gasteiger partial charge in [-0.2, -0.15) is 0 Å². The fourth-order valence-corrected chi connectivity index (χ4v) is 3.46. The number of rotatable bonds is 2. The van der Waals surface area contributed by atoms with E-state index in [9.17, 15) is 4.79 Å². The van der Waals surface area contributed by atoms with Crippen molar-refractivity contribution in [2.75, 3.05) is 31.3 Å². The summed E-state index contributed by atoms with van der Waals surface area (Å²) in [7, 11) is 3.57. The number of hydrogen-bond donors (Lipinski definition) is 0. The fourth-order valence-electron chi connectivity index (χ4n) is 2.49. The molecule has 0 N–H and O–H groups in total. The number of anilines is 2. The van der Waals surface area contributed by atoms with Crippen LogP contribution in [0.4, 0.5) is 11.4 Å². The van der Waals surface area contributed by atoms with Crippen LogP contribution in [0.15, 0.2) is 53.4 Å². The van der Waals surface area contributed by atoms with E-state index in [2.05, 4.69) is 23.1 Å². The highest BCUT2D eigenvalue weighted by atomic mass is 32.2. The molecular weight excluding hydrogens is 308 g/mol. The summed E-state index contributed by atoms with van der Waals surface area (Å²) in [4.78, 5) is 25.3. The molecule has 5 heteroatoms. The van der Waals surface area contributed by atoms with Gasteiger partial charge in [0, 0.05) is 42.5 Å². The van der Waals surface area contributed by atoms with Crippen LogP contribution in [0.3, 0.4) is 0 Å². The molecule has 0 radical (unpaired) electrons. The normalized spacial score (nSPS) is 12.7. The van der Waals surface area contributed by atoms with E-state index in [0.29, 0.717) is 0 Å². The number of carbonyl (C=O) groups is 2. The first-order chi connectivity index (χ1) is 11.2. The molecule has 23 heavy (non-hydrogen) atoms. The van der Waals surface area contributed by atoms with Crippen LogP contribution in [-0.2, 0) is 4.79 Å². The summed E-state index contributed by atoms with van der Waals surface area (Å²) in [6, 6.07) is 16.3. The summed E-state index contributed by atoms with van der Waals surface area (Å²) >= 11 is 1.85. The van der Waals surface area contributed by atoms with Crippen LogP contribution in [0.25, 0.3) is 0 Å². The van der Waals surface area contributed by atoms with Gasteiger partial charge >= 0.3 is 0 Å². The van der Waals surface area contributed by atoms with Crippen LogP contribution in [-0.4, -0.2) is 44.0 Å². The van der Waals surface area contributed by atoms with E-state index in [4.69, 9.17) is 4.79 Å². The van der Waals surface area contributed by atoms with Gasteiger partial charge < -0.3 is 14.6 Å². The predicted molar refractivity (Wildman–Crippen MR) is 95.8 cm³/mol. The third-order valence-electron chi connectivity index (χ3n) is 3.54. The number of fused-ring (bicyclic) bond motifs is 1. The molecule has 0 saturated carbocycles. The van der Waals surface area contributed by atoms with E-state index in [1.165, 1.54) is 10.6 Å². The Bertz CT molecular complexity index is 674. The summed E-state index contributed by atoms with van der Waals surface area (Å²) in [5.41, 5.74) is 3.04. The Morgan fingerprint density at radius 2 is 1.83 bits per heavy atom. The zero-order valence-corrected chi connectivity index (χ0v) is 14.2. The van der Waals surface area contributed by atoms with Crippen molar-refractivity contribution in [3.8, 4) is 0 Å². The molecule has 0 fully saturated rings. The molecule has 120 valence electrons. The third kappa shape index (κ3) is 3.74. The van der Waals surface area contributed by atoms with Crippen molar-refractivity contribution < 1.29 is 9.59 Å². The van der Waals surface area contributed by atoms with Gasteiger partial charge in [0.1, 0.15) is 6.79 Å². The standard InChI is InChI=1S/C17H18N2OS.CH2O/c1-18(2)17(20)13-8-9-16-15(12-13)19(10-11-21-16)14-6-4-3-5-7-14;1-2/h3-9,12H,10-11H2,1-2H3;1H2. The zero-order valence-electron chi connectivity index (χ0n) is 13.4. The maximum Gasteiger partial charge on any atom is 0.253 e. The van der Waals surface area contributed by atoms with Crippen molar-refractivity contribution in [1.29, 1.82) is 0 Å². The lowest BCUT2D eigenvalue weighted by Gasteiger charge is -2.31. The number of nitrogens with zero attached hydrogens (tertiary/aromatic N) is 2. The molecular formula is C18H20N2O2S. The van der Waals surface area contributed by atoms with Gasteiger partial charge in [-0.25, -0.2) is 0 Å². The van der Waals surface area contributed by atoms with Gasteiger partial charge in [-0.3, -0.25) is 4.79 Å². The highest BCUT2D eigenvalue weighted by Crippen LogP contribution is 2.39. The molecule has 0 unspecified atom stereocenters. The quantitative estimate of drug-likeness (QED) is 0.847. The molecule has 1 aliphatic heterocycles. The van der Waals surface area contributed by atoms with Gasteiger partial charge in [0.2, 0.25) is 0 Å². The van der Waals surface area contributed by atoms with Gasteiger partial charge in [-0.05, 0) is 30.3 Å². The molecule has 0 atom stereocenters. The Balaban J connectivity index is 0.000000924. The van der Waals surface area contributed by atoms with Crippen LogP contribution in [0.2, 0.25) is 0 Å². The van der Waals surface area contributed by atoms with Gasteiger partial charge in [-0.15, -0.1) is 11.8 Å². The minimum Gasteiger partial charge on any atom is -0.345 e. The van der Waals surface area contributed by atoms with Gasteiger partial charge in [0.05, 0.1) is 5.69 Å². The summed E-state index contributed by atoms with van der Waals surface area (Å²) in [5, 5.41) is 0. The predicted octanol–water partition coefficient (Wildman–Crippen LogP) is 3.45. The second-order valence-corrected chi connectivity index (χ2v) is 6.35. The first kappa shape index (κ1) is 17.1. The van der Waals surface area contributed by atoms with Crippen molar-refractivity contribution in [3.05, 3.63) is 54.1 Å². The second-order valence-electron chi connectivity index (χ2n) is 5.22. The molecule has 2 aromatic carbocycles. The first-order valence-electron chi connectivity index (χ1n) is 7.27. The number of thioether (sulfide) groups is 1. The van der Waals surface area contributed by atoms with E-state index >= 15 is 0 Å². The molecule has 0 spiro atoms. The topological polar surface area (TPSA) is 40.6 Å². The Morgan fingerprint density at radius 3 is 2.48 bits per heavy atom. The Labute approximate surface area is 141 Å². The molecule has 1 heterocycles. The van der Waals surface area contributed by atoms with Gasteiger partial charge in [-0.1, -0.05) is 18.2 Å². The summed E-state index contributed by atoms with van der Waals surface area (Å²) in [6.07, 6.45) is 0. The van der Waals surface area contributed by atoms with Gasteiger partial charge in [0.15, 0.2) is 0 Å². The average molecular weight is 328 g/mol. The monoisotopic (exact) mass is 328 g/mol. The zero-order chi connectivity index (χ0) is 16.8.